The Morgan fingerprint density at radius 1 is 0.967 bits per heavy atom. The van der Waals surface area contributed by atoms with Gasteiger partial charge in [-0.1, -0.05) is 73.2 Å². The van der Waals surface area contributed by atoms with E-state index in [-0.39, 0.29) is 42.0 Å². The Bertz CT molecular complexity index is 2350. The molecule has 0 bridgehead atoms. The molecule has 13 heteroatoms. The zero-order chi connectivity index (χ0) is 43.2. The number of halogens is 2. The highest BCUT2D eigenvalue weighted by molar-refractivity contribution is 6.90. The molecule has 2 aromatic carbocycles. The molecule has 60 heavy (non-hydrogen) atoms. The van der Waals surface area contributed by atoms with Crippen LogP contribution in [0.2, 0.25) is 42.3 Å². The van der Waals surface area contributed by atoms with Crippen LogP contribution in [0.15, 0.2) is 30.5 Å². The number of fused-ring (bicyclic) bond motifs is 2. The van der Waals surface area contributed by atoms with Gasteiger partial charge in [-0.15, -0.1) is 5.54 Å². The lowest BCUT2D eigenvalue weighted by atomic mass is 9.63. The standard InChI is InChI=1S/C47H60F2N4O5Si2/c1-30(2)60(31(3)4,32(5)6)21-14-35-38(48)12-11-33-23-34(58-29-56-20-22-59(7,8)9)24-36(40(33)35)42-41(49)43-37(25-50-42)44(52-45(51-43)57-28-46(27-54)17-18-46)53-19-10-15-47(26-53)16-13-39(47)55/h11-12,23-25,27,30-32H,10,13,15-20,22,26,28-29H2,1-9H3/t47-/m0/s1. The molecule has 3 heterocycles. The summed E-state index contributed by atoms with van der Waals surface area (Å²) in [6.07, 6.45) is 6.80. The molecular formula is C47H60F2N4O5Si2. The van der Waals surface area contributed by atoms with Gasteiger partial charge in [0.2, 0.25) is 0 Å². The Labute approximate surface area is 355 Å². The summed E-state index contributed by atoms with van der Waals surface area (Å²) < 4.78 is 52.1. The van der Waals surface area contributed by atoms with E-state index >= 15 is 8.78 Å². The first-order valence-corrected chi connectivity index (χ1v) is 27.6. The maximum atomic E-state index is 17.7. The highest BCUT2D eigenvalue weighted by Crippen LogP contribution is 2.48. The summed E-state index contributed by atoms with van der Waals surface area (Å²) in [5, 5.41) is 1.40. The van der Waals surface area contributed by atoms with Crippen LogP contribution in [0, 0.1) is 33.9 Å². The van der Waals surface area contributed by atoms with E-state index in [1.54, 1.807) is 18.3 Å². The molecule has 7 rings (SSSR count). The summed E-state index contributed by atoms with van der Waals surface area (Å²) in [5.41, 5.74) is 3.96. The Morgan fingerprint density at radius 3 is 2.32 bits per heavy atom. The molecule has 2 saturated carbocycles. The first-order valence-electron chi connectivity index (χ1n) is 21.7. The number of ether oxygens (including phenoxy) is 3. The number of rotatable bonds is 15. The highest BCUT2D eigenvalue weighted by atomic mass is 28.3. The van der Waals surface area contributed by atoms with Crippen molar-refractivity contribution < 1.29 is 32.6 Å². The van der Waals surface area contributed by atoms with Crippen molar-refractivity contribution in [3.05, 3.63) is 47.7 Å². The molecule has 2 aromatic heterocycles. The fraction of sp³-hybridized carbons (Fsp3) is 0.553. The van der Waals surface area contributed by atoms with Crippen LogP contribution in [0.25, 0.3) is 32.9 Å². The third kappa shape index (κ3) is 8.48. The second kappa shape index (κ2) is 16.9. The number of anilines is 1. The Morgan fingerprint density at radius 2 is 1.70 bits per heavy atom. The molecule has 4 aromatic rings. The van der Waals surface area contributed by atoms with Crippen molar-refractivity contribution in [1.29, 1.82) is 0 Å². The van der Waals surface area contributed by atoms with Crippen LogP contribution in [0.1, 0.15) is 85.6 Å². The predicted octanol–water partition coefficient (Wildman–Crippen LogP) is 10.7. The molecule has 0 N–H and O–H groups in total. The Hall–Kier alpha value is -4.26. The van der Waals surface area contributed by atoms with Crippen LogP contribution in [-0.2, 0) is 14.3 Å². The third-order valence-corrected chi connectivity index (χ3v) is 21.4. The van der Waals surface area contributed by atoms with Gasteiger partial charge in [0.15, 0.2) is 12.6 Å². The molecule has 1 saturated heterocycles. The number of aromatic nitrogens is 3. The van der Waals surface area contributed by atoms with E-state index in [4.69, 9.17) is 24.2 Å². The van der Waals surface area contributed by atoms with Crippen LogP contribution >= 0.6 is 0 Å². The lowest BCUT2D eigenvalue weighted by Crippen LogP contribution is -2.53. The average Bonchev–Trinajstić information content (AvgIpc) is 3.99. The van der Waals surface area contributed by atoms with Crippen LogP contribution in [0.4, 0.5) is 14.6 Å². The fourth-order valence-corrected chi connectivity index (χ4v) is 15.4. The fourth-order valence-electron chi connectivity index (χ4n) is 9.46. The SMILES string of the molecule is CC(C)[Si](C#Cc1c(F)ccc2cc(OCOCC[Si](C)(C)C)cc(-c3ncc4c(N5CCC[C@]6(CCC6=O)C5)nc(OCC5(C=O)CC5)nc4c3F)c12)(C(C)C)C(C)C. The Balaban J connectivity index is 1.41. The van der Waals surface area contributed by atoms with Crippen molar-refractivity contribution >= 4 is 55.7 Å². The third-order valence-electron chi connectivity index (χ3n) is 13.4. The average molecular weight is 855 g/mol. The molecule has 320 valence electrons. The second-order valence-electron chi connectivity index (χ2n) is 19.6. The van der Waals surface area contributed by atoms with Crippen molar-refractivity contribution in [2.75, 3.05) is 38.0 Å². The van der Waals surface area contributed by atoms with Gasteiger partial charge >= 0.3 is 6.01 Å². The van der Waals surface area contributed by atoms with Crippen LogP contribution in [-0.4, -0.2) is 76.3 Å². The maximum absolute atomic E-state index is 17.7. The van der Waals surface area contributed by atoms with Gasteiger partial charge in [-0.2, -0.15) is 9.97 Å². The first kappa shape index (κ1) is 43.8. The molecule has 1 spiro atoms. The van der Waals surface area contributed by atoms with Gasteiger partial charge in [-0.05, 0) is 78.4 Å². The van der Waals surface area contributed by atoms with Crippen molar-refractivity contribution in [3.63, 3.8) is 0 Å². The predicted molar refractivity (Wildman–Crippen MR) is 239 cm³/mol. The van der Waals surface area contributed by atoms with E-state index in [0.29, 0.717) is 88.9 Å². The quantitative estimate of drug-likeness (QED) is 0.0380. The van der Waals surface area contributed by atoms with Gasteiger partial charge in [0, 0.05) is 56.8 Å². The van der Waals surface area contributed by atoms with Crippen molar-refractivity contribution in [2.45, 2.75) is 122 Å². The van der Waals surface area contributed by atoms with Crippen LogP contribution in [0.5, 0.6) is 11.8 Å². The Kier molecular flexibility index (Phi) is 12.3. The number of piperidine rings is 1. The molecule has 2 aliphatic carbocycles. The number of benzene rings is 2. The normalized spacial score (nSPS) is 19.0. The number of carbonyl (C=O) groups excluding carboxylic acids is 2. The van der Waals surface area contributed by atoms with Gasteiger partial charge in [0.05, 0.1) is 16.4 Å². The minimum Gasteiger partial charge on any atom is -0.468 e. The number of pyridine rings is 1. The molecule has 0 unspecified atom stereocenters. The first-order chi connectivity index (χ1) is 28.4. The topological polar surface area (TPSA) is 104 Å². The number of aldehydes is 1. The van der Waals surface area contributed by atoms with Crippen molar-refractivity contribution in [3.8, 4) is 34.5 Å². The molecule has 0 amide bonds. The van der Waals surface area contributed by atoms with Crippen LogP contribution in [0.3, 0.4) is 0 Å². The lowest BCUT2D eigenvalue weighted by Gasteiger charge is -2.47. The molecule has 0 radical (unpaired) electrons. The largest absolute Gasteiger partial charge is 0.468 e. The van der Waals surface area contributed by atoms with E-state index in [0.717, 1.165) is 31.6 Å². The van der Waals surface area contributed by atoms with E-state index in [9.17, 15) is 9.59 Å². The summed E-state index contributed by atoms with van der Waals surface area (Å²) in [5.74, 6) is 3.17. The zero-order valence-corrected chi connectivity index (χ0v) is 38.8. The van der Waals surface area contributed by atoms with Crippen molar-refractivity contribution in [2.24, 2.45) is 10.8 Å². The van der Waals surface area contributed by atoms with E-state index in [1.165, 1.54) is 6.07 Å². The molecular weight excluding hydrogens is 795 g/mol. The van der Waals surface area contributed by atoms with Gasteiger partial charge < -0.3 is 23.9 Å². The molecule has 9 nitrogen and oxygen atoms in total. The summed E-state index contributed by atoms with van der Waals surface area (Å²) >= 11 is 0. The number of Topliss-reactive ketones (excluding diaryl/α,β-unsaturated/α-hetero) is 1. The van der Waals surface area contributed by atoms with Gasteiger partial charge in [0.1, 0.15) is 55.3 Å². The summed E-state index contributed by atoms with van der Waals surface area (Å²) in [7, 11) is -3.64. The summed E-state index contributed by atoms with van der Waals surface area (Å²) in [4.78, 5) is 41.0. The number of hydrogen-bond acceptors (Lipinski definition) is 9. The van der Waals surface area contributed by atoms with Crippen LogP contribution < -0.4 is 14.4 Å². The summed E-state index contributed by atoms with van der Waals surface area (Å²) in [6.45, 7) is 21.8. The molecule has 1 atom stereocenters. The molecule has 1 aliphatic heterocycles. The van der Waals surface area contributed by atoms with E-state index in [1.807, 2.05) is 11.0 Å². The maximum Gasteiger partial charge on any atom is 0.319 e. The lowest BCUT2D eigenvalue weighted by molar-refractivity contribution is -0.138. The molecule has 3 aliphatic rings. The van der Waals surface area contributed by atoms with E-state index in [2.05, 4.69) is 77.6 Å². The summed E-state index contributed by atoms with van der Waals surface area (Å²) in [6, 6.07) is 7.47. The molecule has 3 fully saturated rings. The highest BCUT2D eigenvalue weighted by Gasteiger charge is 2.49. The number of nitrogens with zero attached hydrogens (tertiary/aromatic N) is 4. The monoisotopic (exact) mass is 854 g/mol. The van der Waals surface area contributed by atoms with Gasteiger partial charge in [-0.25, -0.2) is 8.78 Å². The second-order valence-corrected chi connectivity index (χ2v) is 30.8. The number of hydrogen-bond donors (Lipinski definition) is 0. The van der Waals surface area contributed by atoms with Crippen molar-refractivity contribution in [1.82, 2.24) is 15.0 Å². The zero-order valence-electron chi connectivity index (χ0n) is 36.8. The minimum atomic E-state index is -2.31. The smallest absolute Gasteiger partial charge is 0.319 e. The van der Waals surface area contributed by atoms with Gasteiger partial charge in [0.25, 0.3) is 0 Å². The number of carbonyl (C=O) groups is 2. The van der Waals surface area contributed by atoms with E-state index < -0.39 is 38.6 Å². The minimum absolute atomic E-state index is 0.0123. The van der Waals surface area contributed by atoms with Gasteiger partial charge in [-0.3, -0.25) is 9.78 Å². The number of ketones is 1.